The topological polar surface area (TPSA) is 62.4 Å². The number of nitrogen functional groups attached to an aromatic ring is 1. The molecule has 4 heteroatoms. The van der Waals surface area contributed by atoms with Gasteiger partial charge >= 0.3 is 0 Å². The van der Waals surface area contributed by atoms with E-state index in [9.17, 15) is 5.11 Å². The van der Waals surface area contributed by atoms with Crippen molar-refractivity contribution >= 4 is 11.5 Å². The Bertz CT molecular complexity index is 354. The van der Waals surface area contributed by atoms with Crippen LogP contribution < -0.4 is 10.6 Å². The molecule has 82 valence electrons. The van der Waals surface area contributed by atoms with Crippen LogP contribution in [0.5, 0.6) is 0 Å². The molecule has 15 heavy (non-hydrogen) atoms. The fraction of sp³-hybridized carbons (Fsp3) is 0.545. The molecule has 2 rings (SSSR count). The molecule has 1 aromatic heterocycles. The Morgan fingerprint density at radius 3 is 3.13 bits per heavy atom. The number of nitrogens with zero attached hydrogens (tertiary/aromatic N) is 2. The lowest BCUT2D eigenvalue weighted by Gasteiger charge is -2.25. The third kappa shape index (κ3) is 1.90. The van der Waals surface area contributed by atoms with Gasteiger partial charge < -0.3 is 15.7 Å². The first-order valence-corrected chi connectivity index (χ1v) is 5.33. The van der Waals surface area contributed by atoms with Crippen molar-refractivity contribution in [1.82, 2.24) is 4.98 Å². The van der Waals surface area contributed by atoms with Crippen molar-refractivity contribution in [2.24, 2.45) is 0 Å². The monoisotopic (exact) mass is 207 g/mol. The lowest BCUT2D eigenvalue weighted by molar-refractivity contribution is 0.266. The van der Waals surface area contributed by atoms with Crippen LogP contribution in [0.25, 0.3) is 0 Å². The van der Waals surface area contributed by atoms with E-state index in [1.165, 1.54) is 0 Å². The van der Waals surface area contributed by atoms with E-state index in [-0.39, 0.29) is 12.6 Å². The van der Waals surface area contributed by atoms with Gasteiger partial charge in [0.1, 0.15) is 0 Å². The first kappa shape index (κ1) is 10.2. The van der Waals surface area contributed by atoms with Gasteiger partial charge in [-0.05, 0) is 31.9 Å². The summed E-state index contributed by atoms with van der Waals surface area (Å²) in [6.45, 7) is 3.06. The number of hydrogen-bond donors (Lipinski definition) is 2. The van der Waals surface area contributed by atoms with Gasteiger partial charge in [-0.2, -0.15) is 0 Å². The average Bonchev–Trinajstić information content (AvgIpc) is 2.69. The van der Waals surface area contributed by atoms with Crippen molar-refractivity contribution < 1.29 is 5.11 Å². The highest BCUT2D eigenvalue weighted by Crippen LogP contribution is 2.28. The van der Waals surface area contributed by atoms with E-state index in [4.69, 9.17) is 5.73 Å². The highest BCUT2D eigenvalue weighted by atomic mass is 16.3. The Labute approximate surface area is 89.7 Å². The molecule has 3 N–H and O–H groups in total. The van der Waals surface area contributed by atoms with Gasteiger partial charge in [0, 0.05) is 12.2 Å². The normalized spacial score (nSPS) is 20.9. The van der Waals surface area contributed by atoms with Crippen LogP contribution >= 0.6 is 0 Å². The molecule has 1 atom stereocenters. The molecule has 0 amide bonds. The summed E-state index contributed by atoms with van der Waals surface area (Å²) >= 11 is 0. The zero-order valence-corrected chi connectivity index (χ0v) is 8.98. The van der Waals surface area contributed by atoms with E-state index in [2.05, 4.69) is 9.88 Å². The fourth-order valence-corrected chi connectivity index (χ4v) is 2.09. The van der Waals surface area contributed by atoms with Gasteiger partial charge in [-0.25, -0.2) is 4.98 Å². The summed E-state index contributed by atoms with van der Waals surface area (Å²) in [6, 6.07) is 3.97. The molecule has 1 fully saturated rings. The van der Waals surface area contributed by atoms with Crippen molar-refractivity contribution in [3.63, 3.8) is 0 Å². The van der Waals surface area contributed by atoms with Crippen LogP contribution in [0.15, 0.2) is 12.1 Å². The van der Waals surface area contributed by atoms with Crippen molar-refractivity contribution in [3.8, 4) is 0 Å². The predicted octanol–water partition coefficient (Wildman–Crippen LogP) is 0.933. The molecule has 2 heterocycles. The molecule has 1 unspecified atom stereocenters. The zero-order valence-electron chi connectivity index (χ0n) is 8.98. The number of pyridine rings is 1. The number of aliphatic hydroxyl groups is 1. The summed E-state index contributed by atoms with van der Waals surface area (Å²) in [5.41, 5.74) is 7.56. The number of hydrogen-bond acceptors (Lipinski definition) is 4. The van der Waals surface area contributed by atoms with Crippen LogP contribution in [-0.2, 0) is 0 Å². The van der Waals surface area contributed by atoms with Crippen LogP contribution in [-0.4, -0.2) is 29.3 Å². The average molecular weight is 207 g/mol. The second kappa shape index (κ2) is 4.06. The van der Waals surface area contributed by atoms with E-state index in [0.717, 1.165) is 30.9 Å². The summed E-state index contributed by atoms with van der Waals surface area (Å²) < 4.78 is 0. The Balaban J connectivity index is 2.31. The summed E-state index contributed by atoms with van der Waals surface area (Å²) in [4.78, 5) is 6.56. The molecule has 0 aliphatic carbocycles. The molecule has 1 aromatic rings. The van der Waals surface area contributed by atoms with Gasteiger partial charge in [-0.3, -0.25) is 0 Å². The maximum Gasteiger partial charge on any atom is 0.152 e. The first-order chi connectivity index (χ1) is 7.22. The summed E-state index contributed by atoms with van der Waals surface area (Å²) in [5.74, 6) is 0.826. The first-order valence-electron chi connectivity index (χ1n) is 5.33. The number of anilines is 2. The molecule has 0 spiro atoms. The van der Waals surface area contributed by atoms with E-state index >= 15 is 0 Å². The Morgan fingerprint density at radius 2 is 2.40 bits per heavy atom. The summed E-state index contributed by atoms with van der Waals surface area (Å²) in [7, 11) is 0. The summed E-state index contributed by atoms with van der Waals surface area (Å²) in [5, 5.41) is 9.25. The zero-order chi connectivity index (χ0) is 10.8. The number of rotatable bonds is 2. The minimum absolute atomic E-state index is 0.176. The van der Waals surface area contributed by atoms with Gasteiger partial charge in [-0.1, -0.05) is 0 Å². The molecule has 0 aromatic carbocycles. The molecule has 4 nitrogen and oxygen atoms in total. The van der Waals surface area contributed by atoms with Crippen LogP contribution in [0.4, 0.5) is 11.5 Å². The molecule has 0 bridgehead atoms. The minimum atomic E-state index is 0.176. The van der Waals surface area contributed by atoms with Crippen molar-refractivity contribution in [2.75, 3.05) is 23.8 Å². The van der Waals surface area contributed by atoms with Gasteiger partial charge in [0.05, 0.1) is 18.3 Å². The van der Waals surface area contributed by atoms with Crippen molar-refractivity contribution in [3.05, 3.63) is 17.8 Å². The van der Waals surface area contributed by atoms with Gasteiger partial charge in [-0.15, -0.1) is 0 Å². The Morgan fingerprint density at radius 1 is 1.60 bits per heavy atom. The molecule has 1 saturated heterocycles. The number of nitrogens with two attached hydrogens (primary N) is 1. The maximum atomic E-state index is 9.25. The molecule has 1 aliphatic heterocycles. The lowest BCUT2D eigenvalue weighted by atomic mass is 10.2. The van der Waals surface area contributed by atoms with Crippen molar-refractivity contribution in [1.29, 1.82) is 0 Å². The quantitative estimate of drug-likeness (QED) is 0.757. The van der Waals surface area contributed by atoms with E-state index < -0.39 is 0 Å². The lowest BCUT2D eigenvalue weighted by Crippen LogP contribution is -2.33. The van der Waals surface area contributed by atoms with E-state index in [1.807, 2.05) is 19.1 Å². The van der Waals surface area contributed by atoms with E-state index in [1.54, 1.807) is 0 Å². The van der Waals surface area contributed by atoms with Gasteiger partial charge in [0.2, 0.25) is 0 Å². The number of aryl methyl sites for hydroxylation is 1. The molecule has 1 aliphatic rings. The van der Waals surface area contributed by atoms with Crippen molar-refractivity contribution in [2.45, 2.75) is 25.8 Å². The SMILES string of the molecule is Cc1ccc(N)c(N2CCCC2CO)n1. The maximum absolute atomic E-state index is 9.25. The van der Waals surface area contributed by atoms with Gasteiger partial charge in [0.15, 0.2) is 5.82 Å². The largest absolute Gasteiger partial charge is 0.396 e. The van der Waals surface area contributed by atoms with Crippen LogP contribution in [0.2, 0.25) is 0 Å². The fourth-order valence-electron chi connectivity index (χ4n) is 2.09. The smallest absolute Gasteiger partial charge is 0.152 e. The van der Waals surface area contributed by atoms with Crippen LogP contribution in [0.1, 0.15) is 18.5 Å². The third-order valence-corrected chi connectivity index (χ3v) is 2.90. The molecule has 0 saturated carbocycles. The highest BCUT2D eigenvalue weighted by Gasteiger charge is 2.26. The molecular formula is C11H17N3O. The highest BCUT2D eigenvalue weighted by molar-refractivity contribution is 5.63. The molecular weight excluding hydrogens is 190 g/mol. The predicted molar refractivity (Wildman–Crippen MR) is 60.8 cm³/mol. The van der Waals surface area contributed by atoms with E-state index in [0.29, 0.717) is 5.69 Å². The Kier molecular flexibility index (Phi) is 2.77. The second-order valence-electron chi connectivity index (χ2n) is 4.04. The molecule has 0 radical (unpaired) electrons. The number of aliphatic hydroxyl groups excluding tert-OH is 1. The van der Waals surface area contributed by atoms with Crippen LogP contribution in [0.3, 0.4) is 0 Å². The van der Waals surface area contributed by atoms with Gasteiger partial charge in [0.25, 0.3) is 0 Å². The standard InChI is InChI=1S/C11H17N3O/c1-8-4-5-10(12)11(13-8)14-6-2-3-9(14)7-15/h4-5,9,15H,2-3,6-7,12H2,1H3. The Hall–Kier alpha value is -1.29. The third-order valence-electron chi connectivity index (χ3n) is 2.90. The minimum Gasteiger partial charge on any atom is -0.396 e. The number of aromatic nitrogens is 1. The van der Waals surface area contributed by atoms with Crippen LogP contribution in [0, 0.1) is 6.92 Å². The second-order valence-corrected chi connectivity index (χ2v) is 4.04. The summed E-state index contributed by atoms with van der Waals surface area (Å²) in [6.07, 6.45) is 2.12.